The predicted octanol–water partition coefficient (Wildman–Crippen LogP) is 5.12. The molecule has 2 aliphatic rings. The minimum Gasteiger partial charge on any atom is -0.477 e. The van der Waals surface area contributed by atoms with Crippen molar-refractivity contribution in [2.45, 2.75) is 56.5 Å². The minimum atomic E-state index is -1.15. The number of rotatable bonds is 8. The van der Waals surface area contributed by atoms with Crippen molar-refractivity contribution in [1.82, 2.24) is 9.88 Å². The van der Waals surface area contributed by atoms with Crippen molar-refractivity contribution in [2.75, 3.05) is 13.2 Å². The number of aromatic carboxylic acids is 1. The Balaban J connectivity index is 1.39. The molecule has 2 aromatic carbocycles. The summed E-state index contributed by atoms with van der Waals surface area (Å²) in [4.78, 5) is 43.7. The first kappa shape index (κ1) is 27.3. The Kier molecular flexibility index (Phi) is 8.05. The van der Waals surface area contributed by atoms with E-state index < -0.39 is 24.7 Å². The lowest BCUT2D eigenvalue weighted by atomic mass is 9.78. The first-order chi connectivity index (χ1) is 18.8. The van der Waals surface area contributed by atoms with E-state index in [1.165, 1.54) is 0 Å². The summed E-state index contributed by atoms with van der Waals surface area (Å²) in [5.41, 5.74) is 8.14. The second-order valence-electron chi connectivity index (χ2n) is 10.9. The zero-order valence-corrected chi connectivity index (χ0v) is 22.4. The molecule has 9 heteroatoms. The van der Waals surface area contributed by atoms with E-state index in [4.69, 9.17) is 17.3 Å². The van der Waals surface area contributed by atoms with E-state index in [9.17, 15) is 23.9 Å². The van der Waals surface area contributed by atoms with Crippen LogP contribution in [0.3, 0.4) is 0 Å². The van der Waals surface area contributed by atoms with Crippen LogP contribution in [-0.4, -0.2) is 58.0 Å². The number of hydrogen-bond acceptors (Lipinski definition) is 4. The van der Waals surface area contributed by atoms with Crippen molar-refractivity contribution >= 4 is 40.2 Å². The molecule has 39 heavy (non-hydrogen) atoms. The van der Waals surface area contributed by atoms with Crippen LogP contribution >= 0.6 is 11.6 Å². The number of carboxylic acids is 1. The van der Waals surface area contributed by atoms with Crippen molar-refractivity contribution in [3.63, 3.8) is 0 Å². The van der Waals surface area contributed by atoms with Crippen LogP contribution in [-0.2, 0) is 16.0 Å². The van der Waals surface area contributed by atoms with Gasteiger partial charge in [-0.1, -0.05) is 48.0 Å². The summed E-state index contributed by atoms with van der Waals surface area (Å²) in [6.07, 6.45) is 3.52. The van der Waals surface area contributed by atoms with Crippen LogP contribution < -0.4 is 5.73 Å². The summed E-state index contributed by atoms with van der Waals surface area (Å²) in [6, 6.07) is 14.0. The second kappa shape index (κ2) is 11.5. The lowest BCUT2D eigenvalue weighted by Gasteiger charge is -2.35. The Hall–Kier alpha value is -3.23. The number of hydrogen-bond donors (Lipinski definition) is 3. The molecule has 2 heterocycles. The van der Waals surface area contributed by atoms with Crippen LogP contribution in [0.5, 0.6) is 0 Å². The first-order valence-electron chi connectivity index (χ1n) is 13.5. The molecule has 1 aliphatic carbocycles. The molecule has 7 nitrogen and oxygen atoms in total. The molecule has 0 spiro atoms. The fourth-order valence-corrected chi connectivity index (χ4v) is 6.70. The van der Waals surface area contributed by atoms with Crippen molar-refractivity contribution in [3.05, 3.63) is 70.4 Å². The number of aromatic amines is 1. The third-order valence-electron chi connectivity index (χ3n) is 8.54. The molecule has 1 saturated carbocycles. The number of likely N-dealkylation sites (tertiary alicyclic amines) is 1. The Morgan fingerprint density at radius 2 is 1.79 bits per heavy atom. The van der Waals surface area contributed by atoms with Crippen molar-refractivity contribution in [1.29, 1.82) is 0 Å². The van der Waals surface area contributed by atoms with E-state index in [0.29, 0.717) is 55.1 Å². The molecule has 0 unspecified atom stereocenters. The fraction of sp³-hybridized carbons (Fsp3) is 0.433. The number of halogens is 2. The van der Waals surface area contributed by atoms with E-state index in [0.717, 1.165) is 5.56 Å². The van der Waals surface area contributed by atoms with Gasteiger partial charge in [-0.25, -0.2) is 9.18 Å². The average molecular weight is 554 g/mol. The van der Waals surface area contributed by atoms with Crippen LogP contribution in [0.2, 0.25) is 5.02 Å². The van der Waals surface area contributed by atoms with Gasteiger partial charge in [0.1, 0.15) is 12.4 Å². The highest BCUT2D eigenvalue weighted by Gasteiger charge is 2.44. The Morgan fingerprint density at radius 3 is 2.46 bits per heavy atom. The van der Waals surface area contributed by atoms with Crippen LogP contribution in [0.25, 0.3) is 10.9 Å². The highest BCUT2D eigenvalue weighted by atomic mass is 35.5. The number of H-pyrrole nitrogens is 1. The van der Waals surface area contributed by atoms with Crippen LogP contribution in [0.15, 0.2) is 48.5 Å². The fourth-order valence-electron chi connectivity index (χ4n) is 6.41. The number of carboxylic acid groups (broad SMARTS) is 1. The maximum atomic E-state index is 13.9. The standard InChI is InChI=1S/C30H33ClFN3O4/c31-26-22-14-17(6-11-24(22)34-27(26)30(38)39)15-25(36)28-21(18-4-2-1-3-5-18)12-13-35(28)29(37)20-9-7-19(8-10-20)23(33)16-32/h1-6,11,14,19-21,23,28,34H,7-10,12-13,15-16,33H2,(H,38,39)/t19?,20?,21-,23-,28+/m1/s1. The molecule has 1 aliphatic heterocycles. The van der Waals surface area contributed by atoms with E-state index in [-0.39, 0.29) is 46.6 Å². The highest BCUT2D eigenvalue weighted by molar-refractivity contribution is 6.38. The van der Waals surface area contributed by atoms with Crippen molar-refractivity contribution in [2.24, 2.45) is 17.6 Å². The van der Waals surface area contributed by atoms with Crippen LogP contribution in [0.4, 0.5) is 4.39 Å². The van der Waals surface area contributed by atoms with Gasteiger partial charge in [0.05, 0.1) is 11.1 Å². The number of ketones is 1. The third kappa shape index (κ3) is 5.45. The van der Waals surface area contributed by atoms with Gasteiger partial charge >= 0.3 is 5.97 Å². The number of carbonyl (C=O) groups excluding carboxylic acids is 2. The van der Waals surface area contributed by atoms with Gasteiger partial charge in [-0.15, -0.1) is 0 Å². The number of fused-ring (bicyclic) bond motifs is 1. The predicted molar refractivity (Wildman–Crippen MR) is 148 cm³/mol. The molecule has 1 aromatic heterocycles. The molecule has 1 saturated heterocycles. The highest BCUT2D eigenvalue weighted by Crippen LogP contribution is 2.39. The molecular weight excluding hydrogens is 521 g/mol. The van der Waals surface area contributed by atoms with Gasteiger partial charge in [-0.3, -0.25) is 9.59 Å². The Morgan fingerprint density at radius 1 is 1.08 bits per heavy atom. The summed E-state index contributed by atoms with van der Waals surface area (Å²) < 4.78 is 13.1. The molecule has 0 radical (unpaired) electrons. The Bertz CT molecular complexity index is 1370. The molecular formula is C30H33ClFN3O4. The lowest BCUT2D eigenvalue weighted by Crippen LogP contribution is -2.47. The average Bonchev–Trinajstić information content (AvgIpc) is 3.54. The second-order valence-corrected chi connectivity index (χ2v) is 11.2. The van der Waals surface area contributed by atoms with Gasteiger partial charge in [0.15, 0.2) is 5.78 Å². The van der Waals surface area contributed by atoms with Crippen LogP contribution in [0, 0.1) is 11.8 Å². The van der Waals surface area contributed by atoms with Crippen LogP contribution in [0.1, 0.15) is 59.6 Å². The number of nitrogens with zero attached hydrogens (tertiary/aromatic N) is 1. The summed E-state index contributed by atoms with van der Waals surface area (Å²) in [5.74, 6) is -1.44. The van der Waals surface area contributed by atoms with Gasteiger partial charge in [-0.2, -0.15) is 0 Å². The Labute approximate surface area is 231 Å². The molecule has 3 aromatic rings. The molecule has 5 rings (SSSR count). The molecule has 206 valence electrons. The minimum absolute atomic E-state index is 0.00529. The molecule has 0 bridgehead atoms. The van der Waals surface area contributed by atoms with E-state index >= 15 is 0 Å². The zero-order valence-electron chi connectivity index (χ0n) is 21.6. The largest absolute Gasteiger partial charge is 0.477 e. The number of nitrogens with one attached hydrogen (secondary N) is 1. The summed E-state index contributed by atoms with van der Waals surface area (Å²) in [7, 11) is 0. The number of alkyl halides is 1. The number of benzene rings is 2. The smallest absolute Gasteiger partial charge is 0.353 e. The first-order valence-corrected chi connectivity index (χ1v) is 13.9. The number of carbonyl (C=O) groups is 3. The number of aromatic nitrogens is 1. The van der Waals surface area contributed by atoms with Crippen molar-refractivity contribution < 1.29 is 23.9 Å². The van der Waals surface area contributed by atoms with E-state index in [2.05, 4.69) is 4.98 Å². The molecule has 3 atom stereocenters. The summed E-state index contributed by atoms with van der Waals surface area (Å²) in [5, 5.41) is 10.0. The van der Waals surface area contributed by atoms with Gasteiger partial charge in [0.25, 0.3) is 0 Å². The number of amides is 1. The summed E-state index contributed by atoms with van der Waals surface area (Å²) in [6.45, 7) is -0.0501. The van der Waals surface area contributed by atoms with Gasteiger partial charge in [-0.05, 0) is 61.3 Å². The SMILES string of the molecule is N[C@H](CF)C1CCC(C(=O)N2CC[C@H](c3ccccc3)[C@H]2C(=O)Cc2ccc3[nH]c(C(=O)O)c(Cl)c3c2)CC1. The third-order valence-corrected chi connectivity index (χ3v) is 8.93. The molecule has 2 fully saturated rings. The van der Waals surface area contributed by atoms with Gasteiger partial charge < -0.3 is 20.7 Å². The number of Topliss-reactive ketones (excluding diaryl/α,β-unsaturated/α-hetero) is 1. The topological polar surface area (TPSA) is 116 Å². The number of nitrogens with two attached hydrogens (primary N) is 1. The lowest BCUT2D eigenvalue weighted by molar-refractivity contribution is -0.142. The summed E-state index contributed by atoms with van der Waals surface area (Å²) >= 11 is 6.30. The van der Waals surface area contributed by atoms with E-state index in [1.807, 2.05) is 30.3 Å². The maximum absolute atomic E-state index is 13.9. The molecule has 1 amide bonds. The zero-order chi connectivity index (χ0) is 27.7. The normalized spacial score (nSPS) is 24.1. The molecule has 4 N–H and O–H groups in total. The van der Waals surface area contributed by atoms with Gasteiger partial charge in [0.2, 0.25) is 5.91 Å². The van der Waals surface area contributed by atoms with Gasteiger partial charge in [0, 0.05) is 41.7 Å². The maximum Gasteiger partial charge on any atom is 0.353 e. The quantitative estimate of drug-likeness (QED) is 0.358. The van der Waals surface area contributed by atoms with E-state index in [1.54, 1.807) is 23.1 Å². The van der Waals surface area contributed by atoms with Crippen molar-refractivity contribution in [3.8, 4) is 0 Å². The monoisotopic (exact) mass is 553 g/mol.